The molecular weight excluding hydrogens is 398 g/mol. The molecule has 1 amide bonds. The molecule has 0 spiro atoms. The maximum absolute atomic E-state index is 12.7. The summed E-state index contributed by atoms with van der Waals surface area (Å²) in [5.74, 6) is 0.746. The average Bonchev–Trinajstić information content (AvgIpc) is 3.28. The summed E-state index contributed by atoms with van der Waals surface area (Å²) >= 11 is 1.57. The zero-order valence-corrected chi connectivity index (χ0v) is 17.4. The fraction of sp³-hybridized carbons (Fsp3) is 0.474. The van der Waals surface area contributed by atoms with Crippen molar-refractivity contribution in [1.82, 2.24) is 30.0 Å². The van der Waals surface area contributed by atoms with Gasteiger partial charge in [-0.25, -0.2) is 13.8 Å². The number of aromatic amines is 1. The summed E-state index contributed by atoms with van der Waals surface area (Å²) < 4.78 is 27.6. The van der Waals surface area contributed by atoms with Gasteiger partial charge in [-0.2, -0.15) is 0 Å². The van der Waals surface area contributed by atoms with Gasteiger partial charge in [-0.05, 0) is 36.8 Å². The van der Waals surface area contributed by atoms with Gasteiger partial charge < -0.3 is 14.9 Å². The van der Waals surface area contributed by atoms with Gasteiger partial charge in [0.05, 0.1) is 11.0 Å². The van der Waals surface area contributed by atoms with E-state index in [2.05, 4.69) is 43.9 Å². The smallest absolute Gasteiger partial charge is 0.295 e. The van der Waals surface area contributed by atoms with Crippen LogP contribution >= 0.6 is 11.8 Å². The number of aromatic nitrogens is 5. The molecule has 0 aliphatic carbocycles. The number of rotatable bonds is 9. The van der Waals surface area contributed by atoms with Crippen LogP contribution in [-0.4, -0.2) is 43.4 Å². The lowest BCUT2D eigenvalue weighted by molar-refractivity contribution is 0.0953. The normalized spacial score (nSPS) is 11.7. The van der Waals surface area contributed by atoms with Gasteiger partial charge in [-0.1, -0.05) is 25.6 Å². The lowest BCUT2D eigenvalue weighted by Gasteiger charge is -2.11. The highest BCUT2D eigenvalue weighted by Crippen LogP contribution is 2.21. The van der Waals surface area contributed by atoms with Gasteiger partial charge in [0.25, 0.3) is 12.3 Å². The number of benzene rings is 1. The van der Waals surface area contributed by atoms with Crippen LogP contribution in [0.1, 0.15) is 48.7 Å². The number of carbonyl (C=O) groups is 1. The summed E-state index contributed by atoms with van der Waals surface area (Å²) in [6, 6.07) is 4.68. The van der Waals surface area contributed by atoms with Gasteiger partial charge in [-0.15, -0.1) is 10.2 Å². The Kier molecular flexibility index (Phi) is 6.83. The Hall–Kier alpha value is -2.49. The summed E-state index contributed by atoms with van der Waals surface area (Å²) in [6.45, 7) is 5.63. The first-order chi connectivity index (χ1) is 13.9. The number of amides is 1. The van der Waals surface area contributed by atoms with E-state index in [1.807, 2.05) is 6.26 Å². The molecule has 0 aliphatic rings. The van der Waals surface area contributed by atoms with Crippen molar-refractivity contribution in [2.24, 2.45) is 5.92 Å². The third kappa shape index (κ3) is 5.11. The van der Waals surface area contributed by atoms with Gasteiger partial charge in [0.1, 0.15) is 5.82 Å². The van der Waals surface area contributed by atoms with Crippen LogP contribution in [0.25, 0.3) is 11.0 Å². The van der Waals surface area contributed by atoms with Crippen molar-refractivity contribution < 1.29 is 13.6 Å². The first-order valence-electron chi connectivity index (χ1n) is 9.41. The third-order valence-electron chi connectivity index (χ3n) is 4.36. The number of imidazole rings is 1. The van der Waals surface area contributed by atoms with E-state index in [1.54, 1.807) is 23.9 Å². The SMILES string of the molecule is CSc1nnc(CCCNC(=O)c2ccc3nc(C(F)F)[nH]c3c2)n1CC(C)C. The molecule has 10 heteroatoms. The number of nitrogens with one attached hydrogen (secondary N) is 2. The first-order valence-corrected chi connectivity index (χ1v) is 10.6. The van der Waals surface area contributed by atoms with E-state index in [0.29, 0.717) is 35.5 Å². The molecular formula is C19H24F2N6OS. The standard InChI is InChI=1S/C19H24F2N6OS/c1-11(2)10-27-15(25-26-19(27)29-3)5-4-8-22-18(28)12-6-7-13-14(9-12)24-17(23-13)16(20)21/h6-7,9,11,16H,4-5,8,10H2,1-3H3,(H,22,28)(H,23,24). The van der Waals surface area contributed by atoms with Gasteiger partial charge in [0, 0.05) is 25.1 Å². The van der Waals surface area contributed by atoms with Crippen LogP contribution in [0.15, 0.2) is 23.4 Å². The maximum Gasteiger partial charge on any atom is 0.295 e. The molecule has 0 aliphatic heterocycles. The molecule has 0 bridgehead atoms. The highest BCUT2D eigenvalue weighted by molar-refractivity contribution is 7.98. The molecule has 2 N–H and O–H groups in total. The van der Waals surface area contributed by atoms with E-state index >= 15 is 0 Å². The highest BCUT2D eigenvalue weighted by atomic mass is 32.2. The Morgan fingerprint density at radius 1 is 1.31 bits per heavy atom. The molecule has 0 radical (unpaired) electrons. The number of thioether (sulfide) groups is 1. The van der Waals surface area contributed by atoms with Crippen LogP contribution in [-0.2, 0) is 13.0 Å². The first kappa shape index (κ1) is 21.2. The van der Waals surface area contributed by atoms with Crippen molar-refractivity contribution in [3.63, 3.8) is 0 Å². The number of nitrogens with zero attached hydrogens (tertiary/aromatic N) is 4. The number of alkyl halides is 2. The van der Waals surface area contributed by atoms with Crippen molar-refractivity contribution in [2.45, 2.75) is 44.8 Å². The number of hydrogen-bond donors (Lipinski definition) is 2. The van der Waals surface area contributed by atoms with Gasteiger partial charge in [-0.3, -0.25) is 4.79 Å². The van der Waals surface area contributed by atoms with E-state index in [9.17, 15) is 13.6 Å². The minimum absolute atomic E-state index is 0.256. The highest BCUT2D eigenvalue weighted by Gasteiger charge is 2.15. The van der Waals surface area contributed by atoms with Crippen LogP contribution < -0.4 is 5.32 Å². The van der Waals surface area contributed by atoms with Crippen molar-refractivity contribution in [3.8, 4) is 0 Å². The molecule has 29 heavy (non-hydrogen) atoms. The minimum atomic E-state index is -2.68. The minimum Gasteiger partial charge on any atom is -0.352 e. The van der Waals surface area contributed by atoms with Crippen molar-refractivity contribution >= 4 is 28.7 Å². The van der Waals surface area contributed by atoms with Crippen molar-refractivity contribution in [1.29, 1.82) is 0 Å². The molecule has 156 valence electrons. The second-order valence-corrected chi connectivity index (χ2v) is 7.89. The zero-order chi connectivity index (χ0) is 21.0. The molecule has 3 rings (SSSR count). The summed E-state index contributed by atoms with van der Waals surface area (Å²) in [6.07, 6.45) is 0.728. The summed E-state index contributed by atoms with van der Waals surface area (Å²) in [5, 5.41) is 12.2. The summed E-state index contributed by atoms with van der Waals surface area (Å²) in [7, 11) is 0. The fourth-order valence-electron chi connectivity index (χ4n) is 3.03. The quantitative estimate of drug-likeness (QED) is 0.404. The van der Waals surface area contributed by atoms with Crippen LogP contribution in [0.2, 0.25) is 0 Å². The molecule has 0 fully saturated rings. The van der Waals surface area contributed by atoms with Crippen LogP contribution in [0.4, 0.5) is 8.78 Å². The monoisotopic (exact) mass is 422 g/mol. The van der Waals surface area contributed by atoms with Crippen LogP contribution in [0.5, 0.6) is 0 Å². The second kappa shape index (κ2) is 9.34. The predicted octanol–water partition coefficient (Wildman–Crippen LogP) is 3.83. The van der Waals surface area contributed by atoms with Crippen molar-refractivity contribution in [2.75, 3.05) is 12.8 Å². The molecule has 0 unspecified atom stereocenters. The number of H-pyrrole nitrogens is 1. The Labute approximate surface area is 171 Å². The van der Waals surface area contributed by atoms with Crippen LogP contribution in [0, 0.1) is 5.92 Å². The van der Waals surface area contributed by atoms with Gasteiger partial charge >= 0.3 is 0 Å². The Balaban J connectivity index is 1.56. The Bertz CT molecular complexity index is 984. The lowest BCUT2D eigenvalue weighted by Crippen LogP contribution is -2.25. The molecule has 1 aromatic carbocycles. The second-order valence-electron chi connectivity index (χ2n) is 7.12. The van der Waals surface area contributed by atoms with Gasteiger partial charge in [0.2, 0.25) is 0 Å². The Morgan fingerprint density at radius 3 is 2.79 bits per heavy atom. The van der Waals surface area contributed by atoms with E-state index in [4.69, 9.17) is 0 Å². The predicted molar refractivity (Wildman–Crippen MR) is 108 cm³/mol. The Morgan fingerprint density at radius 2 is 2.10 bits per heavy atom. The van der Waals surface area contributed by atoms with E-state index in [0.717, 1.165) is 23.9 Å². The van der Waals surface area contributed by atoms with Crippen LogP contribution in [0.3, 0.4) is 0 Å². The summed E-state index contributed by atoms with van der Waals surface area (Å²) in [4.78, 5) is 18.7. The maximum atomic E-state index is 12.7. The van der Waals surface area contributed by atoms with E-state index in [1.165, 1.54) is 6.07 Å². The fourth-order valence-corrected chi connectivity index (χ4v) is 3.55. The largest absolute Gasteiger partial charge is 0.352 e. The number of halogens is 2. The molecule has 2 heterocycles. The van der Waals surface area contributed by atoms with Gasteiger partial charge in [0.15, 0.2) is 11.0 Å². The molecule has 0 saturated heterocycles. The third-order valence-corrected chi connectivity index (χ3v) is 5.02. The molecule has 0 atom stereocenters. The number of hydrogen-bond acceptors (Lipinski definition) is 5. The van der Waals surface area contributed by atoms with Crippen molar-refractivity contribution in [3.05, 3.63) is 35.4 Å². The molecule has 0 saturated carbocycles. The number of aryl methyl sites for hydroxylation is 1. The molecule has 7 nitrogen and oxygen atoms in total. The number of carbonyl (C=O) groups excluding carboxylic acids is 1. The number of fused-ring (bicyclic) bond motifs is 1. The van der Waals surface area contributed by atoms with E-state index < -0.39 is 12.2 Å². The zero-order valence-electron chi connectivity index (χ0n) is 16.6. The topological polar surface area (TPSA) is 88.5 Å². The molecule has 3 aromatic rings. The lowest BCUT2D eigenvalue weighted by atomic mass is 10.2. The molecule has 2 aromatic heterocycles. The van der Waals surface area contributed by atoms with E-state index in [-0.39, 0.29) is 5.91 Å². The summed E-state index contributed by atoms with van der Waals surface area (Å²) in [5.41, 5.74) is 1.22. The average molecular weight is 423 g/mol.